The standard InChI is InChI=1S/C29H43NO4/c1-19(2)11-9-13-21(4)26(30(32)33)15-14-20(3)12-10-17-29(8)18-16-25-24(7)27(31)22(5)23(6)28(25)34-29/h11-12,31H,9-10,13-18H2,1-8H3/b20-12+,26-21-. The second kappa shape index (κ2) is 11.7. The third-order valence-corrected chi connectivity index (χ3v) is 7.30. The van der Waals surface area contributed by atoms with E-state index in [1.807, 2.05) is 41.5 Å². The van der Waals surface area contributed by atoms with Crippen molar-refractivity contribution in [2.75, 3.05) is 0 Å². The lowest BCUT2D eigenvalue weighted by Crippen LogP contribution is -2.37. The third kappa shape index (κ3) is 6.97. The number of fused-ring (bicyclic) bond motifs is 1. The summed E-state index contributed by atoms with van der Waals surface area (Å²) in [7, 11) is 0. The van der Waals surface area contributed by atoms with Crippen LogP contribution in [0.15, 0.2) is 34.6 Å². The first-order chi connectivity index (χ1) is 15.9. The van der Waals surface area contributed by atoms with Crippen molar-refractivity contribution in [3.63, 3.8) is 0 Å². The number of nitrogens with zero attached hydrogens (tertiary/aromatic N) is 1. The highest BCUT2D eigenvalue weighted by molar-refractivity contribution is 5.58. The van der Waals surface area contributed by atoms with Gasteiger partial charge in [0.1, 0.15) is 17.1 Å². The number of rotatable bonds is 10. The van der Waals surface area contributed by atoms with Crippen molar-refractivity contribution in [2.24, 2.45) is 0 Å². The summed E-state index contributed by atoms with van der Waals surface area (Å²) in [6.07, 6.45) is 10.7. The Kier molecular flexibility index (Phi) is 9.54. The average molecular weight is 470 g/mol. The topological polar surface area (TPSA) is 72.6 Å². The Balaban J connectivity index is 1.99. The number of phenols is 1. The molecule has 0 fully saturated rings. The molecule has 0 radical (unpaired) electrons. The maximum atomic E-state index is 11.6. The van der Waals surface area contributed by atoms with Crippen LogP contribution in [0.3, 0.4) is 0 Å². The lowest BCUT2D eigenvalue weighted by atomic mass is 9.85. The van der Waals surface area contributed by atoms with Crippen LogP contribution in [0, 0.1) is 30.9 Å². The zero-order valence-corrected chi connectivity index (χ0v) is 22.4. The number of ether oxygens (including phenoxy) is 1. The quantitative estimate of drug-likeness (QED) is 0.213. The molecule has 2 rings (SSSR count). The molecule has 0 amide bonds. The molecule has 1 aliphatic heterocycles. The highest BCUT2D eigenvalue weighted by Crippen LogP contribution is 2.44. The molecule has 0 saturated heterocycles. The number of phenolic OH excluding ortho intramolecular Hbond substituents is 1. The molecule has 0 saturated carbocycles. The van der Waals surface area contributed by atoms with Crippen LogP contribution >= 0.6 is 0 Å². The van der Waals surface area contributed by atoms with Gasteiger partial charge in [-0.2, -0.15) is 0 Å². The Bertz CT molecular complexity index is 1010. The Labute approximate surface area is 205 Å². The summed E-state index contributed by atoms with van der Waals surface area (Å²) in [5.41, 5.74) is 7.39. The van der Waals surface area contributed by atoms with E-state index in [1.54, 1.807) is 0 Å². The van der Waals surface area contributed by atoms with E-state index in [4.69, 9.17) is 4.74 Å². The second-order valence-corrected chi connectivity index (χ2v) is 10.5. The maximum Gasteiger partial charge on any atom is 0.245 e. The largest absolute Gasteiger partial charge is 0.507 e. The summed E-state index contributed by atoms with van der Waals surface area (Å²) in [5, 5.41) is 22.0. The summed E-state index contributed by atoms with van der Waals surface area (Å²) in [6, 6.07) is 0. The van der Waals surface area contributed by atoms with E-state index < -0.39 is 0 Å². The molecule has 1 N–H and O–H groups in total. The van der Waals surface area contributed by atoms with Crippen LogP contribution in [-0.4, -0.2) is 15.6 Å². The average Bonchev–Trinajstić information content (AvgIpc) is 2.75. The summed E-state index contributed by atoms with van der Waals surface area (Å²) >= 11 is 0. The Morgan fingerprint density at radius 3 is 2.32 bits per heavy atom. The third-order valence-electron chi connectivity index (χ3n) is 7.30. The van der Waals surface area contributed by atoms with E-state index in [1.165, 1.54) is 11.1 Å². The number of allylic oxidation sites excluding steroid dienone is 6. The highest BCUT2D eigenvalue weighted by atomic mass is 16.6. The first-order valence-corrected chi connectivity index (χ1v) is 12.5. The molecule has 34 heavy (non-hydrogen) atoms. The van der Waals surface area contributed by atoms with E-state index >= 15 is 0 Å². The van der Waals surface area contributed by atoms with Crippen LogP contribution in [-0.2, 0) is 6.42 Å². The van der Waals surface area contributed by atoms with Gasteiger partial charge in [0, 0.05) is 17.6 Å². The van der Waals surface area contributed by atoms with Gasteiger partial charge in [-0.25, -0.2) is 0 Å². The van der Waals surface area contributed by atoms with Gasteiger partial charge in [0.05, 0.1) is 4.92 Å². The molecule has 0 bridgehead atoms. The lowest BCUT2D eigenvalue weighted by Gasteiger charge is -2.38. The van der Waals surface area contributed by atoms with Crippen LogP contribution in [0.25, 0.3) is 0 Å². The zero-order chi connectivity index (χ0) is 25.6. The molecular weight excluding hydrogens is 426 g/mol. The monoisotopic (exact) mass is 469 g/mol. The Morgan fingerprint density at radius 1 is 1.03 bits per heavy atom. The first kappa shape index (κ1) is 27.7. The van der Waals surface area contributed by atoms with Crippen LogP contribution in [0.2, 0.25) is 0 Å². The molecule has 1 atom stereocenters. The Morgan fingerprint density at radius 2 is 1.71 bits per heavy atom. The number of hydrogen-bond acceptors (Lipinski definition) is 4. The molecule has 5 heteroatoms. The smallest absolute Gasteiger partial charge is 0.245 e. The fourth-order valence-corrected chi connectivity index (χ4v) is 4.69. The van der Waals surface area contributed by atoms with Crippen molar-refractivity contribution in [1.29, 1.82) is 0 Å². The molecule has 1 unspecified atom stereocenters. The van der Waals surface area contributed by atoms with Gasteiger partial charge in [0.25, 0.3) is 0 Å². The fourth-order valence-electron chi connectivity index (χ4n) is 4.69. The van der Waals surface area contributed by atoms with Gasteiger partial charge in [-0.3, -0.25) is 10.1 Å². The van der Waals surface area contributed by atoms with Gasteiger partial charge in [-0.15, -0.1) is 0 Å². The predicted octanol–water partition coefficient (Wildman–Crippen LogP) is 8.20. The minimum absolute atomic E-state index is 0.205. The van der Waals surface area contributed by atoms with Gasteiger partial charge >= 0.3 is 0 Å². The molecule has 0 aromatic heterocycles. The van der Waals surface area contributed by atoms with E-state index in [2.05, 4.69) is 26.0 Å². The molecule has 1 heterocycles. The fraction of sp³-hybridized carbons (Fsp3) is 0.586. The summed E-state index contributed by atoms with van der Waals surface area (Å²) in [5.74, 6) is 1.32. The van der Waals surface area contributed by atoms with Crippen molar-refractivity contribution in [1.82, 2.24) is 0 Å². The zero-order valence-electron chi connectivity index (χ0n) is 22.4. The maximum absolute atomic E-state index is 11.6. The van der Waals surface area contributed by atoms with E-state index in [-0.39, 0.29) is 10.5 Å². The van der Waals surface area contributed by atoms with Crippen molar-refractivity contribution in [3.05, 3.63) is 66.9 Å². The molecule has 188 valence electrons. The Hall–Kier alpha value is -2.56. The van der Waals surface area contributed by atoms with Crippen LogP contribution in [0.5, 0.6) is 11.5 Å². The summed E-state index contributed by atoms with van der Waals surface area (Å²) in [6.45, 7) is 16.1. The number of nitro groups is 1. The van der Waals surface area contributed by atoms with Crippen LogP contribution < -0.4 is 4.74 Å². The molecule has 0 aliphatic carbocycles. The SMILES string of the molecule is CC(C)=CCC/C(C)=C(/CC/C(C)=C/CCC1(C)CCc2c(C)c(O)c(C)c(C)c2O1)[N+](=O)[O-]. The molecule has 1 aromatic rings. The minimum Gasteiger partial charge on any atom is -0.507 e. The molecule has 1 aliphatic rings. The van der Waals surface area contributed by atoms with Gasteiger partial charge in [-0.1, -0.05) is 23.3 Å². The molecule has 0 spiro atoms. The van der Waals surface area contributed by atoms with E-state index in [0.717, 1.165) is 72.1 Å². The number of aromatic hydroxyl groups is 1. The van der Waals surface area contributed by atoms with Gasteiger partial charge in [0.2, 0.25) is 5.70 Å². The summed E-state index contributed by atoms with van der Waals surface area (Å²) < 4.78 is 6.52. The van der Waals surface area contributed by atoms with Gasteiger partial charge < -0.3 is 9.84 Å². The molecule has 5 nitrogen and oxygen atoms in total. The number of benzene rings is 1. The van der Waals surface area contributed by atoms with E-state index in [0.29, 0.717) is 24.3 Å². The van der Waals surface area contributed by atoms with Crippen molar-refractivity contribution >= 4 is 0 Å². The van der Waals surface area contributed by atoms with Gasteiger partial charge in [0.15, 0.2) is 0 Å². The van der Waals surface area contributed by atoms with Crippen LogP contribution in [0.4, 0.5) is 0 Å². The van der Waals surface area contributed by atoms with E-state index in [9.17, 15) is 15.2 Å². The lowest BCUT2D eigenvalue weighted by molar-refractivity contribution is -0.429. The molecular formula is C29H43NO4. The first-order valence-electron chi connectivity index (χ1n) is 12.5. The summed E-state index contributed by atoms with van der Waals surface area (Å²) in [4.78, 5) is 11.4. The highest BCUT2D eigenvalue weighted by Gasteiger charge is 2.34. The number of hydrogen-bond donors (Lipinski definition) is 1. The van der Waals surface area contributed by atoms with Gasteiger partial charge in [-0.05, 0) is 117 Å². The normalized spacial score (nSPS) is 18.6. The van der Waals surface area contributed by atoms with Crippen molar-refractivity contribution < 1.29 is 14.8 Å². The second-order valence-electron chi connectivity index (χ2n) is 10.5. The minimum atomic E-state index is -0.252. The van der Waals surface area contributed by atoms with Crippen molar-refractivity contribution in [3.8, 4) is 11.5 Å². The predicted molar refractivity (Wildman–Crippen MR) is 140 cm³/mol. The van der Waals surface area contributed by atoms with Crippen molar-refractivity contribution in [2.45, 2.75) is 112 Å². The van der Waals surface area contributed by atoms with Crippen LogP contribution in [0.1, 0.15) is 102 Å². The molecule has 1 aromatic carbocycles.